The van der Waals surface area contributed by atoms with Crippen LogP contribution in [0.2, 0.25) is 5.15 Å². The van der Waals surface area contributed by atoms with Crippen molar-refractivity contribution < 1.29 is 0 Å². The molecule has 0 radical (unpaired) electrons. The third-order valence-electron chi connectivity index (χ3n) is 2.09. The summed E-state index contributed by atoms with van der Waals surface area (Å²) in [4.78, 5) is 15.7. The van der Waals surface area contributed by atoms with Crippen LogP contribution in [-0.4, -0.2) is 14.8 Å². The number of hydrogen-bond donors (Lipinski definition) is 0. The van der Waals surface area contributed by atoms with E-state index in [-0.39, 0.29) is 5.56 Å². The first-order chi connectivity index (χ1) is 7.65. The van der Waals surface area contributed by atoms with Crippen molar-refractivity contribution in [2.75, 3.05) is 0 Å². The van der Waals surface area contributed by atoms with Crippen molar-refractivity contribution in [1.82, 2.24) is 14.8 Å². The van der Waals surface area contributed by atoms with Crippen LogP contribution < -0.4 is 5.56 Å². The zero-order valence-electron chi connectivity index (χ0n) is 8.72. The highest BCUT2D eigenvalue weighted by atomic mass is 35.5. The Kier molecular flexibility index (Phi) is 3.01. The summed E-state index contributed by atoms with van der Waals surface area (Å²) in [6, 6.07) is 6.83. The van der Waals surface area contributed by atoms with Gasteiger partial charge in [0.1, 0.15) is 5.15 Å². The van der Waals surface area contributed by atoms with Crippen molar-refractivity contribution in [1.29, 1.82) is 0 Å². The molecule has 0 spiro atoms. The van der Waals surface area contributed by atoms with Gasteiger partial charge in [-0.15, -0.1) is 0 Å². The molecule has 0 aliphatic carbocycles. The van der Waals surface area contributed by atoms with Crippen LogP contribution in [0.3, 0.4) is 0 Å². The third-order valence-corrected chi connectivity index (χ3v) is 2.30. The lowest BCUT2D eigenvalue weighted by molar-refractivity contribution is 0.625. The summed E-state index contributed by atoms with van der Waals surface area (Å²) in [7, 11) is 0. The summed E-state index contributed by atoms with van der Waals surface area (Å²) in [5, 5.41) is 4.44. The maximum atomic E-state index is 11.6. The van der Waals surface area contributed by atoms with Gasteiger partial charge in [0.2, 0.25) is 0 Å². The molecule has 0 atom stereocenters. The van der Waals surface area contributed by atoms with Gasteiger partial charge in [-0.1, -0.05) is 17.7 Å². The Hall–Kier alpha value is -1.68. The van der Waals surface area contributed by atoms with Gasteiger partial charge < -0.3 is 0 Å². The largest absolute Gasteiger partial charge is 0.268 e. The molecule has 0 amide bonds. The van der Waals surface area contributed by atoms with Gasteiger partial charge >= 0.3 is 0 Å². The molecule has 2 rings (SSSR count). The molecule has 0 aliphatic rings. The highest BCUT2D eigenvalue weighted by Crippen LogP contribution is 2.05. The topological polar surface area (TPSA) is 47.8 Å². The first-order valence-electron chi connectivity index (χ1n) is 4.80. The molecule has 2 aromatic heterocycles. The van der Waals surface area contributed by atoms with Crippen molar-refractivity contribution in [3.05, 3.63) is 57.2 Å². The fourth-order valence-electron chi connectivity index (χ4n) is 1.33. The molecule has 16 heavy (non-hydrogen) atoms. The number of halogens is 1. The molecule has 0 saturated carbocycles. The van der Waals surface area contributed by atoms with Crippen LogP contribution in [0.1, 0.15) is 11.3 Å². The van der Waals surface area contributed by atoms with Crippen LogP contribution in [-0.2, 0) is 6.54 Å². The minimum Gasteiger partial charge on any atom is -0.268 e. The van der Waals surface area contributed by atoms with Crippen LogP contribution in [0.25, 0.3) is 0 Å². The molecule has 0 bridgehead atoms. The Morgan fingerprint density at radius 2 is 2.25 bits per heavy atom. The van der Waals surface area contributed by atoms with E-state index in [1.807, 2.05) is 6.92 Å². The molecule has 0 unspecified atom stereocenters. The monoisotopic (exact) mass is 235 g/mol. The second kappa shape index (κ2) is 4.45. The molecule has 0 aromatic carbocycles. The first kappa shape index (κ1) is 10.8. The Morgan fingerprint density at radius 3 is 2.94 bits per heavy atom. The SMILES string of the molecule is Cc1cnn(Cc2cccc(Cl)n2)c(=O)c1. The lowest BCUT2D eigenvalue weighted by Gasteiger charge is -2.03. The van der Waals surface area contributed by atoms with Crippen molar-refractivity contribution >= 4 is 11.6 Å². The molecule has 0 aliphatic heterocycles. The standard InChI is InChI=1S/C11H10ClN3O/c1-8-5-11(16)15(13-6-8)7-9-3-2-4-10(12)14-9/h2-6H,7H2,1H3. The zero-order valence-corrected chi connectivity index (χ0v) is 9.48. The van der Waals surface area contributed by atoms with Crippen LogP contribution in [0.4, 0.5) is 0 Å². The minimum absolute atomic E-state index is 0.137. The van der Waals surface area contributed by atoms with E-state index in [4.69, 9.17) is 11.6 Å². The Balaban J connectivity index is 2.31. The highest BCUT2D eigenvalue weighted by molar-refractivity contribution is 6.29. The molecule has 5 heteroatoms. The van der Waals surface area contributed by atoms with E-state index in [2.05, 4.69) is 10.1 Å². The van der Waals surface area contributed by atoms with Crippen molar-refractivity contribution in [3.8, 4) is 0 Å². The molecule has 2 heterocycles. The van der Waals surface area contributed by atoms with Crippen LogP contribution in [0, 0.1) is 6.92 Å². The van der Waals surface area contributed by atoms with Gasteiger partial charge in [-0.3, -0.25) is 4.79 Å². The molecule has 0 N–H and O–H groups in total. The summed E-state index contributed by atoms with van der Waals surface area (Å²) in [6.45, 7) is 2.16. The maximum Gasteiger partial charge on any atom is 0.267 e. The van der Waals surface area contributed by atoms with Crippen LogP contribution in [0.5, 0.6) is 0 Å². The van der Waals surface area contributed by atoms with E-state index < -0.39 is 0 Å². The number of aromatic nitrogens is 3. The normalized spacial score (nSPS) is 10.4. The number of aryl methyl sites for hydroxylation is 1. The summed E-state index contributed by atoms with van der Waals surface area (Å²) < 4.78 is 1.35. The van der Waals surface area contributed by atoms with Gasteiger partial charge in [0, 0.05) is 6.07 Å². The summed E-state index contributed by atoms with van der Waals surface area (Å²) in [5.41, 5.74) is 1.42. The fourth-order valence-corrected chi connectivity index (χ4v) is 1.52. The Bertz CT molecular complexity index is 565. The third kappa shape index (κ3) is 2.46. The van der Waals surface area contributed by atoms with Crippen molar-refractivity contribution in [2.24, 2.45) is 0 Å². The summed E-state index contributed by atoms with van der Waals surface area (Å²) >= 11 is 5.76. The smallest absolute Gasteiger partial charge is 0.267 e. The summed E-state index contributed by atoms with van der Waals surface area (Å²) in [5.74, 6) is 0. The van der Waals surface area contributed by atoms with Gasteiger partial charge in [-0.25, -0.2) is 9.67 Å². The van der Waals surface area contributed by atoms with E-state index in [9.17, 15) is 4.79 Å². The van der Waals surface area contributed by atoms with Gasteiger partial charge in [0.15, 0.2) is 0 Å². The van der Waals surface area contributed by atoms with E-state index in [1.54, 1.807) is 24.4 Å². The maximum absolute atomic E-state index is 11.6. The second-order valence-corrected chi connectivity index (χ2v) is 3.87. The predicted molar refractivity (Wildman–Crippen MR) is 61.6 cm³/mol. The lowest BCUT2D eigenvalue weighted by atomic mass is 10.3. The molecular formula is C11H10ClN3O. The lowest BCUT2D eigenvalue weighted by Crippen LogP contribution is -2.23. The number of rotatable bonds is 2. The molecule has 2 aromatic rings. The average Bonchev–Trinajstić information content (AvgIpc) is 2.22. The molecule has 0 fully saturated rings. The molecule has 82 valence electrons. The predicted octanol–water partition coefficient (Wildman–Crippen LogP) is 1.65. The fraction of sp³-hybridized carbons (Fsp3) is 0.182. The van der Waals surface area contributed by atoms with E-state index in [0.29, 0.717) is 17.4 Å². The number of nitrogens with zero attached hydrogens (tertiary/aromatic N) is 3. The van der Waals surface area contributed by atoms with Gasteiger partial charge in [0.05, 0.1) is 18.4 Å². The van der Waals surface area contributed by atoms with E-state index >= 15 is 0 Å². The molecule has 4 nitrogen and oxygen atoms in total. The number of hydrogen-bond acceptors (Lipinski definition) is 3. The van der Waals surface area contributed by atoms with Crippen molar-refractivity contribution in [2.45, 2.75) is 13.5 Å². The Labute approximate surface area is 97.5 Å². The zero-order chi connectivity index (χ0) is 11.5. The highest BCUT2D eigenvalue weighted by Gasteiger charge is 2.01. The van der Waals surface area contributed by atoms with Crippen LogP contribution >= 0.6 is 11.6 Å². The quantitative estimate of drug-likeness (QED) is 0.744. The van der Waals surface area contributed by atoms with Crippen LogP contribution in [0.15, 0.2) is 35.3 Å². The van der Waals surface area contributed by atoms with E-state index in [0.717, 1.165) is 5.56 Å². The Morgan fingerprint density at radius 1 is 1.44 bits per heavy atom. The van der Waals surface area contributed by atoms with Gasteiger partial charge in [-0.2, -0.15) is 5.10 Å². The van der Waals surface area contributed by atoms with E-state index in [1.165, 1.54) is 10.7 Å². The molecule has 0 saturated heterocycles. The van der Waals surface area contributed by atoms with Crippen molar-refractivity contribution in [3.63, 3.8) is 0 Å². The summed E-state index contributed by atoms with van der Waals surface area (Å²) in [6.07, 6.45) is 1.64. The number of pyridine rings is 1. The minimum atomic E-state index is -0.137. The molecular weight excluding hydrogens is 226 g/mol. The van der Waals surface area contributed by atoms with Gasteiger partial charge in [-0.05, 0) is 24.6 Å². The average molecular weight is 236 g/mol. The van der Waals surface area contributed by atoms with Gasteiger partial charge in [0.25, 0.3) is 5.56 Å². The second-order valence-electron chi connectivity index (χ2n) is 3.48. The first-order valence-corrected chi connectivity index (χ1v) is 5.18.